The SMILES string of the molecule is CC(CC(=O)NCC1CCCC(N)C1)CC(C)(C)C. The molecule has 0 aromatic carbocycles. The Bertz CT molecular complexity index is 283. The molecule has 112 valence electrons. The third-order valence-electron chi connectivity index (χ3n) is 3.91. The van der Waals surface area contributed by atoms with Gasteiger partial charge in [-0.15, -0.1) is 0 Å². The Hall–Kier alpha value is -0.570. The fourth-order valence-electron chi connectivity index (χ4n) is 3.28. The van der Waals surface area contributed by atoms with Crippen LogP contribution in [0.25, 0.3) is 0 Å². The van der Waals surface area contributed by atoms with Gasteiger partial charge in [0.1, 0.15) is 0 Å². The van der Waals surface area contributed by atoms with E-state index in [4.69, 9.17) is 5.73 Å². The van der Waals surface area contributed by atoms with E-state index in [1.807, 2.05) is 0 Å². The summed E-state index contributed by atoms with van der Waals surface area (Å²) in [6.45, 7) is 9.66. The van der Waals surface area contributed by atoms with Crippen molar-refractivity contribution in [3.63, 3.8) is 0 Å². The van der Waals surface area contributed by atoms with Crippen LogP contribution >= 0.6 is 0 Å². The zero-order valence-corrected chi connectivity index (χ0v) is 13.2. The number of nitrogens with two attached hydrogens (primary N) is 1. The summed E-state index contributed by atoms with van der Waals surface area (Å²) in [4.78, 5) is 11.9. The van der Waals surface area contributed by atoms with Crippen molar-refractivity contribution in [2.24, 2.45) is 23.0 Å². The molecule has 3 N–H and O–H groups in total. The molecule has 1 aliphatic carbocycles. The molecule has 1 rings (SSSR count). The summed E-state index contributed by atoms with van der Waals surface area (Å²) in [5, 5.41) is 3.10. The Morgan fingerprint density at radius 1 is 1.37 bits per heavy atom. The molecule has 1 saturated carbocycles. The Kier molecular flexibility index (Phi) is 6.31. The molecule has 3 nitrogen and oxygen atoms in total. The summed E-state index contributed by atoms with van der Waals surface area (Å²) in [7, 11) is 0. The summed E-state index contributed by atoms with van der Waals surface area (Å²) in [5.74, 6) is 1.25. The van der Waals surface area contributed by atoms with Gasteiger partial charge >= 0.3 is 0 Å². The van der Waals surface area contributed by atoms with Crippen molar-refractivity contribution in [2.45, 2.75) is 72.3 Å². The van der Waals surface area contributed by atoms with Gasteiger partial charge in [-0.3, -0.25) is 4.79 Å². The van der Waals surface area contributed by atoms with Gasteiger partial charge in [-0.1, -0.05) is 34.1 Å². The molecule has 1 aliphatic rings. The molecule has 1 fully saturated rings. The van der Waals surface area contributed by atoms with Gasteiger partial charge < -0.3 is 11.1 Å². The van der Waals surface area contributed by atoms with Crippen molar-refractivity contribution < 1.29 is 4.79 Å². The minimum Gasteiger partial charge on any atom is -0.356 e. The van der Waals surface area contributed by atoms with Crippen molar-refractivity contribution >= 4 is 5.91 Å². The number of carbonyl (C=O) groups excluding carboxylic acids is 1. The Morgan fingerprint density at radius 3 is 2.63 bits per heavy atom. The van der Waals surface area contributed by atoms with Crippen LogP contribution in [0.5, 0.6) is 0 Å². The van der Waals surface area contributed by atoms with E-state index < -0.39 is 0 Å². The average molecular weight is 268 g/mol. The first-order valence-corrected chi connectivity index (χ1v) is 7.78. The van der Waals surface area contributed by atoms with Crippen LogP contribution in [-0.2, 0) is 4.79 Å². The van der Waals surface area contributed by atoms with Gasteiger partial charge in [0.2, 0.25) is 5.91 Å². The first-order valence-electron chi connectivity index (χ1n) is 7.78. The van der Waals surface area contributed by atoms with Gasteiger partial charge in [-0.25, -0.2) is 0 Å². The standard InChI is InChI=1S/C16H32N2O/c1-12(10-16(2,3)4)8-15(19)18-11-13-6-5-7-14(17)9-13/h12-14H,5-11,17H2,1-4H3,(H,18,19). The van der Waals surface area contributed by atoms with Gasteiger partial charge in [0.05, 0.1) is 0 Å². The van der Waals surface area contributed by atoms with Crippen LogP contribution in [0.1, 0.15) is 66.2 Å². The second-order valence-electron chi connectivity index (χ2n) is 7.67. The van der Waals surface area contributed by atoms with Crippen LogP contribution in [-0.4, -0.2) is 18.5 Å². The maximum Gasteiger partial charge on any atom is 0.220 e. The molecule has 0 spiro atoms. The zero-order valence-electron chi connectivity index (χ0n) is 13.2. The van der Waals surface area contributed by atoms with Gasteiger partial charge in [0.25, 0.3) is 0 Å². The smallest absolute Gasteiger partial charge is 0.220 e. The second-order valence-corrected chi connectivity index (χ2v) is 7.67. The summed E-state index contributed by atoms with van der Waals surface area (Å²) >= 11 is 0. The maximum absolute atomic E-state index is 11.9. The van der Waals surface area contributed by atoms with Crippen LogP contribution < -0.4 is 11.1 Å². The monoisotopic (exact) mass is 268 g/mol. The summed E-state index contributed by atoms with van der Waals surface area (Å²) < 4.78 is 0. The van der Waals surface area contributed by atoms with Crippen molar-refractivity contribution in [3.8, 4) is 0 Å². The molecule has 3 heteroatoms. The fourth-order valence-corrected chi connectivity index (χ4v) is 3.28. The number of carbonyl (C=O) groups is 1. The molecule has 19 heavy (non-hydrogen) atoms. The van der Waals surface area contributed by atoms with Crippen molar-refractivity contribution in [3.05, 3.63) is 0 Å². The minimum absolute atomic E-state index is 0.205. The lowest BCUT2D eigenvalue weighted by molar-refractivity contribution is -0.122. The van der Waals surface area contributed by atoms with E-state index in [-0.39, 0.29) is 5.91 Å². The molecular weight excluding hydrogens is 236 g/mol. The molecule has 1 amide bonds. The molecule has 0 bridgehead atoms. The molecule has 3 atom stereocenters. The fraction of sp³-hybridized carbons (Fsp3) is 0.938. The van der Waals surface area contributed by atoms with Crippen LogP contribution in [0, 0.1) is 17.3 Å². The van der Waals surface area contributed by atoms with Gasteiger partial charge in [-0.2, -0.15) is 0 Å². The second kappa shape index (κ2) is 7.28. The van der Waals surface area contributed by atoms with E-state index in [0.29, 0.717) is 29.7 Å². The van der Waals surface area contributed by atoms with Gasteiger partial charge in [0, 0.05) is 19.0 Å². The molecular formula is C16H32N2O. The largest absolute Gasteiger partial charge is 0.356 e. The highest BCUT2D eigenvalue weighted by Crippen LogP contribution is 2.26. The van der Waals surface area contributed by atoms with Crippen LogP contribution in [0.3, 0.4) is 0 Å². The van der Waals surface area contributed by atoms with E-state index in [1.54, 1.807) is 0 Å². The third-order valence-corrected chi connectivity index (χ3v) is 3.91. The average Bonchev–Trinajstić information content (AvgIpc) is 2.23. The molecule has 0 heterocycles. The lowest BCUT2D eigenvalue weighted by Crippen LogP contribution is -2.36. The van der Waals surface area contributed by atoms with Crippen LogP contribution in [0.4, 0.5) is 0 Å². The summed E-state index contributed by atoms with van der Waals surface area (Å²) in [6.07, 6.45) is 6.38. The van der Waals surface area contributed by atoms with Crippen LogP contribution in [0.15, 0.2) is 0 Å². The Balaban J connectivity index is 2.20. The lowest BCUT2D eigenvalue weighted by atomic mass is 9.84. The number of nitrogens with one attached hydrogen (secondary N) is 1. The van der Waals surface area contributed by atoms with Crippen LogP contribution in [0.2, 0.25) is 0 Å². The summed E-state index contributed by atoms with van der Waals surface area (Å²) in [5.41, 5.74) is 6.27. The first-order chi connectivity index (χ1) is 8.76. The van der Waals surface area contributed by atoms with Gasteiger partial charge in [0.15, 0.2) is 0 Å². The highest BCUT2D eigenvalue weighted by Gasteiger charge is 2.21. The maximum atomic E-state index is 11.9. The van der Waals surface area contributed by atoms with Gasteiger partial charge in [-0.05, 0) is 42.9 Å². The molecule has 0 aromatic heterocycles. The normalized spacial score (nSPS) is 25.9. The molecule has 0 aliphatic heterocycles. The molecule has 3 unspecified atom stereocenters. The summed E-state index contributed by atoms with van der Waals surface area (Å²) in [6, 6.07) is 0.343. The number of amides is 1. The first kappa shape index (κ1) is 16.5. The van der Waals surface area contributed by atoms with E-state index in [1.165, 1.54) is 12.8 Å². The molecule has 0 radical (unpaired) electrons. The van der Waals surface area contributed by atoms with Crippen molar-refractivity contribution in [1.82, 2.24) is 5.32 Å². The predicted molar refractivity (Wildman–Crippen MR) is 80.8 cm³/mol. The number of hydrogen-bond donors (Lipinski definition) is 2. The predicted octanol–water partition coefficient (Wildman–Crippen LogP) is 3.08. The van der Waals surface area contributed by atoms with E-state index >= 15 is 0 Å². The van der Waals surface area contributed by atoms with E-state index in [2.05, 4.69) is 33.0 Å². The lowest BCUT2D eigenvalue weighted by Gasteiger charge is -2.27. The Morgan fingerprint density at radius 2 is 2.05 bits per heavy atom. The zero-order chi connectivity index (χ0) is 14.5. The third kappa shape index (κ3) is 7.56. The van der Waals surface area contributed by atoms with E-state index in [0.717, 1.165) is 25.8 Å². The molecule has 0 aromatic rings. The highest BCUT2D eigenvalue weighted by atomic mass is 16.1. The highest BCUT2D eigenvalue weighted by molar-refractivity contribution is 5.76. The number of rotatable bonds is 5. The topological polar surface area (TPSA) is 55.1 Å². The Labute approximate surface area is 118 Å². The van der Waals surface area contributed by atoms with Crippen molar-refractivity contribution in [1.29, 1.82) is 0 Å². The quantitative estimate of drug-likeness (QED) is 0.805. The number of hydrogen-bond acceptors (Lipinski definition) is 2. The van der Waals surface area contributed by atoms with E-state index in [9.17, 15) is 4.79 Å². The molecule has 0 saturated heterocycles. The van der Waals surface area contributed by atoms with Crippen molar-refractivity contribution in [2.75, 3.05) is 6.54 Å². The minimum atomic E-state index is 0.205.